The molecule has 25 heavy (non-hydrogen) atoms. The molecule has 0 unspecified atom stereocenters. The topological polar surface area (TPSA) is 108 Å². The Morgan fingerprint density at radius 3 is 2.64 bits per heavy atom. The second kappa shape index (κ2) is 8.95. The normalized spacial score (nSPS) is 29.8. The van der Waals surface area contributed by atoms with E-state index in [0.717, 1.165) is 0 Å². The van der Waals surface area contributed by atoms with Gasteiger partial charge in [0.25, 0.3) is 0 Å². The Kier molecular flexibility index (Phi) is 7.21. The molecule has 1 aromatic carbocycles. The van der Waals surface area contributed by atoms with Gasteiger partial charge in [0.05, 0.1) is 16.7 Å². The standard InChI is InChI=1S/C16H19Cl2NO6/c1-24-16-13(15(23)14(22)11(7-20)25-16)19-12(21)5-3-8-2-4-9(17)10(18)6-8/h2-6,11,13-16,20,22-23H,7H2,1H3,(H,19,21)/b5-3+/t11-,13+,14-,15-,16+/m1/s1. The van der Waals surface area contributed by atoms with E-state index in [4.69, 9.17) is 37.8 Å². The third-order valence-electron chi connectivity index (χ3n) is 3.79. The van der Waals surface area contributed by atoms with E-state index in [1.807, 2.05) is 0 Å². The van der Waals surface area contributed by atoms with Crippen LogP contribution in [0.4, 0.5) is 0 Å². The lowest BCUT2D eigenvalue weighted by molar-refractivity contribution is -0.262. The molecular weight excluding hydrogens is 373 g/mol. The van der Waals surface area contributed by atoms with Crippen molar-refractivity contribution in [2.75, 3.05) is 13.7 Å². The minimum absolute atomic E-state index is 0.359. The monoisotopic (exact) mass is 391 g/mol. The van der Waals surface area contributed by atoms with Crippen LogP contribution < -0.4 is 5.32 Å². The van der Waals surface area contributed by atoms with Gasteiger partial charge in [-0.15, -0.1) is 0 Å². The summed E-state index contributed by atoms with van der Waals surface area (Å²) in [6.45, 7) is -0.490. The number of ether oxygens (including phenoxy) is 2. The van der Waals surface area contributed by atoms with Crippen LogP contribution in [0.15, 0.2) is 24.3 Å². The van der Waals surface area contributed by atoms with Crippen molar-refractivity contribution in [1.29, 1.82) is 0 Å². The molecule has 0 aliphatic carbocycles. The summed E-state index contributed by atoms with van der Waals surface area (Å²) in [4.78, 5) is 12.1. The SMILES string of the molecule is CO[C@H]1O[C@H](CO)[C@@H](O)[C@H](O)[C@@H]1NC(=O)/C=C/c1ccc(Cl)c(Cl)c1. The Balaban J connectivity index is 2.04. The van der Waals surface area contributed by atoms with Crippen molar-refractivity contribution in [1.82, 2.24) is 5.32 Å². The number of hydrogen-bond acceptors (Lipinski definition) is 6. The molecule has 138 valence electrons. The molecule has 0 bridgehead atoms. The fraction of sp³-hybridized carbons (Fsp3) is 0.438. The average molecular weight is 392 g/mol. The Morgan fingerprint density at radius 2 is 2.04 bits per heavy atom. The van der Waals surface area contributed by atoms with E-state index in [1.54, 1.807) is 18.2 Å². The molecule has 0 spiro atoms. The number of carbonyl (C=O) groups excluding carboxylic acids is 1. The van der Waals surface area contributed by atoms with Crippen molar-refractivity contribution >= 4 is 35.2 Å². The molecule has 4 N–H and O–H groups in total. The van der Waals surface area contributed by atoms with Crippen LogP contribution in [-0.4, -0.2) is 65.6 Å². The number of hydrogen-bond donors (Lipinski definition) is 4. The molecule has 0 radical (unpaired) electrons. The molecule has 0 aromatic heterocycles. The van der Waals surface area contributed by atoms with Crippen LogP contribution in [0.2, 0.25) is 10.0 Å². The van der Waals surface area contributed by atoms with Gasteiger partial charge in [0.1, 0.15) is 24.4 Å². The van der Waals surface area contributed by atoms with E-state index in [1.165, 1.54) is 19.3 Å². The van der Waals surface area contributed by atoms with Crippen molar-refractivity contribution in [2.45, 2.75) is 30.6 Å². The molecule has 1 aliphatic heterocycles. The zero-order valence-corrected chi connectivity index (χ0v) is 14.8. The highest BCUT2D eigenvalue weighted by Gasteiger charge is 2.44. The smallest absolute Gasteiger partial charge is 0.244 e. The Bertz CT molecular complexity index is 639. The van der Waals surface area contributed by atoms with Gasteiger partial charge in [0.2, 0.25) is 5.91 Å². The quantitative estimate of drug-likeness (QED) is 0.546. The fourth-order valence-electron chi connectivity index (χ4n) is 2.44. The maximum atomic E-state index is 12.1. The molecule has 7 nitrogen and oxygen atoms in total. The molecule has 1 amide bonds. The van der Waals surface area contributed by atoms with Crippen molar-refractivity contribution < 1.29 is 29.6 Å². The number of carbonyl (C=O) groups is 1. The van der Waals surface area contributed by atoms with E-state index in [-0.39, 0.29) is 0 Å². The lowest BCUT2D eigenvalue weighted by Gasteiger charge is -2.41. The maximum absolute atomic E-state index is 12.1. The van der Waals surface area contributed by atoms with Crippen LogP contribution in [0.3, 0.4) is 0 Å². The second-order valence-electron chi connectivity index (χ2n) is 5.48. The minimum Gasteiger partial charge on any atom is -0.394 e. The summed E-state index contributed by atoms with van der Waals surface area (Å²) < 4.78 is 10.4. The molecule has 1 fully saturated rings. The van der Waals surface area contributed by atoms with Crippen LogP contribution in [0.5, 0.6) is 0 Å². The number of halogens is 2. The molecular formula is C16H19Cl2NO6. The number of aliphatic hydroxyl groups excluding tert-OH is 3. The van der Waals surface area contributed by atoms with Crippen molar-refractivity contribution in [3.8, 4) is 0 Å². The maximum Gasteiger partial charge on any atom is 0.244 e. The molecule has 0 saturated carbocycles. The van der Waals surface area contributed by atoms with Crippen LogP contribution in [0.25, 0.3) is 6.08 Å². The summed E-state index contributed by atoms with van der Waals surface area (Å²) in [6, 6.07) is 3.88. The van der Waals surface area contributed by atoms with Gasteiger partial charge in [0.15, 0.2) is 6.29 Å². The van der Waals surface area contributed by atoms with E-state index >= 15 is 0 Å². The first-order valence-electron chi connectivity index (χ1n) is 7.46. The van der Waals surface area contributed by atoms with Gasteiger partial charge in [-0.25, -0.2) is 0 Å². The van der Waals surface area contributed by atoms with Gasteiger partial charge < -0.3 is 30.1 Å². The molecule has 1 aromatic rings. The second-order valence-corrected chi connectivity index (χ2v) is 6.30. The number of amides is 1. The summed E-state index contributed by atoms with van der Waals surface area (Å²) in [5.74, 6) is -0.532. The average Bonchev–Trinajstić information content (AvgIpc) is 2.60. The number of aliphatic hydroxyl groups is 3. The minimum atomic E-state index is -1.36. The van der Waals surface area contributed by atoms with E-state index in [2.05, 4.69) is 5.32 Å². The Labute approximate surface area is 154 Å². The van der Waals surface area contributed by atoms with E-state index < -0.39 is 43.2 Å². The number of benzene rings is 1. The van der Waals surface area contributed by atoms with Crippen LogP contribution in [0.1, 0.15) is 5.56 Å². The number of nitrogens with one attached hydrogen (secondary N) is 1. The number of rotatable bonds is 5. The van der Waals surface area contributed by atoms with E-state index in [0.29, 0.717) is 15.6 Å². The predicted molar refractivity (Wildman–Crippen MR) is 92.2 cm³/mol. The fourth-order valence-corrected chi connectivity index (χ4v) is 2.74. The molecule has 1 saturated heterocycles. The van der Waals surface area contributed by atoms with Crippen LogP contribution in [0, 0.1) is 0 Å². The highest BCUT2D eigenvalue weighted by molar-refractivity contribution is 6.42. The highest BCUT2D eigenvalue weighted by Crippen LogP contribution is 2.23. The lowest BCUT2D eigenvalue weighted by Crippen LogP contribution is -2.64. The van der Waals surface area contributed by atoms with Crippen LogP contribution in [-0.2, 0) is 14.3 Å². The van der Waals surface area contributed by atoms with Gasteiger partial charge in [-0.05, 0) is 23.8 Å². The predicted octanol–water partition coefficient (Wildman–Crippen LogP) is 0.577. The van der Waals surface area contributed by atoms with Gasteiger partial charge in [0, 0.05) is 13.2 Å². The Hall–Kier alpha value is -1.19. The van der Waals surface area contributed by atoms with Gasteiger partial charge >= 0.3 is 0 Å². The summed E-state index contributed by atoms with van der Waals surface area (Å²) in [6.07, 6.45) is -1.98. The molecule has 1 heterocycles. The zero-order valence-electron chi connectivity index (χ0n) is 13.3. The first kappa shape index (κ1) is 20.1. The van der Waals surface area contributed by atoms with Crippen LogP contribution >= 0.6 is 23.2 Å². The molecule has 5 atom stereocenters. The third kappa shape index (κ3) is 4.92. The third-order valence-corrected chi connectivity index (χ3v) is 4.53. The molecule has 1 aliphatic rings. The molecule has 2 rings (SSSR count). The zero-order chi connectivity index (χ0) is 18.6. The lowest BCUT2D eigenvalue weighted by atomic mass is 9.97. The van der Waals surface area contributed by atoms with Crippen molar-refractivity contribution in [2.24, 2.45) is 0 Å². The highest BCUT2D eigenvalue weighted by atomic mass is 35.5. The number of methoxy groups -OCH3 is 1. The molecule has 9 heteroatoms. The largest absolute Gasteiger partial charge is 0.394 e. The van der Waals surface area contributed by atoms with Gasteiger partial charge in [-0.1, -0.05) is 29.3 Å². The summed E-state index contributed by atoms with van der Waals surface area (Å²) in [5.41, 5.74) is 0.661. The Morgan fingerprint density at radius 1 is 1.32 bits per heavy atom. The van der Waals surface area contributed by atoms with E-state index in [9.17, 15) is 15.0 Å². The summed E-state index contributed by atoms with van der Waals surface area (Å²) in [7, 11) is 1.33. The van der Waals surface area contributed by atoms with Gasteiger partial charge in [-0.3, -0.25) is 4.79 Å². The first-order valence-corrected chi connectivity index (χ1v) is 8.21. The van der Waals surface area contributed by atoms with Gasteiger partial charge in [-0.2, -0.15) is 0 Å². The first-order chi connectivity index (χ1) is 11.9. The van der Waals surface area contributed by atoms with Crippen molar-refractivity contribution in [3.05, 3.63) is 39.9 Å². The van der Waals surface area contributed by atoms with Crippen molar-refractivity contribution in [3.63, 3.8) is 0 Å². The summed E-state index contributed by atoms with van der Waals surface area (Å²) in [5, 5.41) is 32.5. The summed E-state index contributed by atoms with van der Waals surface area (Å²) >= 11 is 11.7.